The lowest BCUT2D eigenvalue weighted by Crippen LogP contribution is -2.27. The maximum atomic E-state index is 5.11. The van der Waals surface area contributed by atoms with E-state index in [9.17, 15) is 0 Å². The smallest absolute Gasteiger partial charge is 0.118 e. The first kappa shape index (κ1) is 12.4. The standard InChI is InChI=1S/C12H19NOS/c1-10(9-15-3)13-8-11-4-6-12(14-2)7-5-11/h4-7,10,13H,8-9H2,1-3H3. The Morgan fingerprint density at radius 2 is 2.00 bits per heavy atom. The normalized spacial score (nSPS) is 12.5. The third kappa shape index (κ3) is 4.58. The zero-order valence-corrected chi connectivity index (χ0v) is 10.4. The van der Waals surface area contributed by atoms with Crippen LogP contribution < -0.4 is 10.1 Å². The average molecular weight is 225 g/mol. The van der Waals surface area contributed by atoms with Gasteiger partial charge in [0.1, 0.15) is 5.75 Å². The minimum Gasteiger partial charge on any atom is -0.497 e. The monoisotopic (exact) mass is 225 g/mol. The molecule has 0 saturated heterocycles. The molecule has 1 unspecified atom stereocenters. The first-order valence-corrected chi connectivity index (χ1v) is 6.51. The fraction of sp³-hybridized carbons (Fsp3) is 0.500. The molecule has 0 spiro atoms. The van der Waals surface area contributed by atoms with Crippen molar-refractivity contribution in [1.29, 1.82) is 0 Å². The van der Waals surface area contributed by atoms with Crippen LogP contribution in [-0.4, -0.2) is 25.2 Å². The first-order valence-electron chi connectivity index (χ1n) is 5.11. The lowest BCUT2D eigenvalue weighted by molar-refractivity contribution is 0.414. The summed E-state index contributed by atoms with van der Waals surface area (Å²) in [6.45, 7) is 3.13. The molecule has 15 heavy (non-hydrogen) atoms. The molecule has 0 aromatic heterocycles. The van der Waals surface area contributed by atoms with Crippen molar-refractivity contribution in [3.63, 3.8) is 0 Å². The Morgan fingerprint density at radius 3 is 2.53 bits per heavy atom. The third-order valence-corrected chi connectivity index (χ3v) is 3.06. The van der Waals surface area contributed by atoms with Gasteiger partial charge in [0.2, 0.25) is 0 Å². The molecule has 1 aromatic rings. The van der Waals surface area contributed by atoms with Crippen molar-refractivity contribution in [3.05, 3.63) is 29.8 Å². The minimum atomic E-state index is 0.558. The lowest BCUT2D eigenvalue weighted by atomic mass is 10.2. The van der Waals surface area contributed by atoms with Crippen LogP contribution in [0.5, 0.6) is 5.75 Å². The van der Waals surface area contributed by atoms with Gasteiger partial charge in [-0.1, -0.05) is 12.1 Å². The molecule has 1 atom stereocenters. The largest absolute Gasteiger partial charge is 0.497 e. The van der Waals surface area contributed by atoms with E-state index in [2.05, 4.69) is 30.6 Å². The summed E-state index contributed by atoms with van der Waals surface area (Å²) in [5.74, 6) is 2.06. The number of nitrogens with one attached hydrogen (secondary N) is 1. The summed E-state index contributed by atoms with van der Waals surface area (Å²) in [4.78, 5) is 0. The van der Waals surface area contributed by atoms with Crippen LogP contribution in [0.25, 0.3) is 0 Å². The van der Waals surface area contributed by atoms with Crippen molar-refractivity contribution >= 4 is 11.8 Å². The molecular weight excluding hydrogens is 206 g/mol. The summed E-state index contributed by atoms with van der Waals surface area (Å²) in [5.41, 5.74) is 1.30. The van der Waals surface area contributed by atoms with Crippen LogP contribution in [-0.2, 0) is 6.54 Å². The predicted molar refractivity (Wildman–Crippen MR) is 67.7 cm³/mol. The molecule has 0 heterocycles. The Balaban J connectivity index is 2.37. The van der Waals surface area contributed by atoms with E-state index in [-0.39, 0.29) is 0 Å². The predicted octanol–water partition coefficient (Wildman–Crippen LogP) is 2.54. The summed E-state index contributed by atoms with van der Waals surface area (Å²) >= 11 is 1.87. The van der Waals surface area contributed by atoms with E-state index in [0.717, 1.165) is 18.0 Å². The Kier molecular flexibility index (Phi) is 5.58. The Labute approximate surface area is 96.4 Å². The van der Waals surface area contributed by atoms with Crippen LogP contribution >= 0.6 is 11.8 Å². The van der Waals surface area contributed by atoms with Gasteiger partial charge in [0.05, 0.1) is 7.11 Å². The van der Waals surface area contributed by atoms with Gasteiger partial charge in [0.15, 0.2) is 0 Å². The summed E-state index contributed by atoms with van der Waals surface area (Å²) in [5, 5.41) is 3.48. The second-order valence-corrected chi connectivity index (χ2v) is 4.50. The third-order valence-electron chi connectivity index (χ3n) is 2.23. The zero-order valence-electron chi connectivity index (χ0n) is 9.62. The van der Waals surface area contributed by atoms with Crippen LogP contribution in [0.3, 0.4) is 0 Å². The van der Waals surface area contributed by atoms with Crippen molar-refractivity contribution in [2.45, 2.75) is 19.5 Å². The Morgan fingerprint density at radius 1 is 1.33 bits per heavy atom. The second kappa shape index (κ2) is 6.75. The SMILES string of the molecule is COc1ccc(CNC(C)CSC)cc1. The molecule has 0 aliphatic carbocycles. The fourth-order valence-electron chi connectivity index (χ4n) is 1.34. The van der Waals surface area contributed by atoms with Crippen LogP contribution in [0.4, 0.5) is 0 Å². The van der Waals surface area contributed by atoms with Crippen LogP contribution in [0.15, 0.2) is 24.3 Å². The molecule has 0 bridgehead atoms. The molecule has 1 N–H and O–H groups in total. The molecule has 0 aliphatic rings. The first-order chi connectivity index (χ1) is 7.26. The molecule has 84 valence electrons. The molecule has 0 aliphatic heterocycles. The van der Waals surface area contributed by atoms with E-state index in [1.807, 2.05) is 23.9 Å². The summed E-state index contributed by atoms with van der Waals surface area (Å²) in [6.07, 6.45) is 2.13. The highest BCUT2D eigenvalue weighted by atomic mass is 32.2. The molecule has 3 heteroatoms. The van der Waals surface area contributed by atoms with Crippen molar-refractivity contribution in [2.75, 3.05) is 19.1 Å². The van der Waals surface area contributed by atoms with Gasteiger partial charge in [-0.2, -0.15) is 11.8 Å². The van der Waals surface area contributed by atoms with Crippen molar-refractivity contribution in [2.24, 2.45) is 0 Å². The van der Waals surface area contributed by atoms with Crippen molar-refractivity contribution in [3.8, 4) is 5.75 Å². The minimum absolute atomic E-state index is 0.558. The van der Waals surface area contributed by atoms with Gasteiger partial charge in [-0.15, -0.1) is 0 Å². The van der Waals surface area contributed by atoms with Crippen LogP contribution in [0, 0.1) is 0 Å². The highest BCUT2D eigenvalue weighted by Gasteiger charge is 2.00. The quantitative estimate of drug-likeness (QED) is 0.804. The van der Waals surface area contributed by atoms with Gasteiger partial charge >= 0.3 is 0 Å². The number of rotatable bonds is 6. The van der Waals surface area contributed by atoms with Crippen LogP contribution in [0.1, 0.15) is 12.5 Å². The molecule has 1 aromatic carbocycles. The molecule has 0 radical (unpaired) electrons. The zero-order chi connectivity index (χ0) is 11.1. The number of thioether (sulfide) groups is 1. The van der Waals surface area contributed by atoms with E-state index in [1.165, 1.54) is 5.56 Å². The van der Waals surface area contributed by atoms with Gasteiger partial charge in [-0.05, 0) is 30.9 Å². The maximum Gasteiger partial charge on any atom is 0.118 e. The number of ether oxygens (including phenoxy) is 1. The fourth-order valence-corrected chi connectivity index (χ4v) is 1.96. The topological polar surface area (TPSA) is 21.3 Å². The van der Waals surface area contributed by atoms with E-state index in [4.69, 9.17) is 4.74 Å². The van der Waals surface area contributed by atoms with E-state index in [0.29, 0.717) is 6.04 Å². The number of hydrogen-bond donors (Lipinski definition) is 1. The summed E-state index contributed by atoms with van der Waals surface area (Å²) in [6, 6.07) is 8.74. The summed E-state index contributed by atoms with van der Waals surface area (Å²) < 4.78 is 5.11. The van der Waals surface area contributed by atoms with E-state index < -0.39 is 0 Å². The molecular formula is C12H19NOS. The average Bonchev–Trinajstić information content (AvgIpc) is 2.27. The lowest BCUT2D eigenvalue weighted by Gasteiger charge is -2.12. The molecule has 0 saturated carbocycles. The van der Waals surface area contributed by atoms with Gasteiger partial charge in [0, 0.05) is 18.3 Å². The Bertz CT molecular complexity index is 273. The van der Waals surface area contributed by atoms with Gasteiger partial charge in [-0.3, -0.25) is 0 Å². The van der Waals surface area contributed by atoms with E-state index in [1.54, 1.807) is 7.11 Å². The second-order valence-electron chi connectivity index (χ2n) is 3.59. The highest BCUT2D eigenvalue weighted by Crippen LogP contribution is 2.11. The number of benzene rings is 1. The van der Waals surface area contributed by atoms with Gasteiger partial charge in [0.25, 0.3) is 0 Å². The van der Waals surface area contributed by atoms with E-state index >= 15 is 0 Å². The summed E-state index contributed by atoms with van der Waals surface area (Å²) in [7, 11) is 1.69. The Hall–Kier alpha value is -0.670. The number of hydrogen-bond acceptors (Lipinski definition) is 3. The van der Waals surface area contributed by atoms with Gasteiger partial charge in [-0.25, -0.2) is 0 Å². The van der Waals surface area contributed by atoms with Crippen molar-refractivity contribution in [1.82, 2.24) is 5.32 Å². The number of methoxy groups -OCH3 is 1. The molecule has 0 amide bonds. The van der Waals surface area contributed by atoms with Crippen LogP contribution in [0.2, 0.25) is 0 Å². The molecule has 0 fully saturated rings. The van der Waals surface area contributed by atoms with Crippen molar-refractivity contribution < 1.29 is 4.74 Å². The molecule has 2 nitrogen and oxygen atoms in total. The van der Waals surface area contributed by atoms with Gasteiger partial charge < -0.3 is 10.1 Å². The molecule has 1 rings (SSSR count). The maximum absolute atomic E-state index is 5.11. The highest BCUT2D eigenvalue weighted by molar-refractivity contribution is 7.98.